The number of imidazole rings is 1. The van der Waals surface area contributed by atoms with Crippen molar-refractivity contribution in [1.29, 1.82) is 0 Å². The highest BCUT2D eigenvalue weighted by molar-refractivity contribution is 6.31. The summed E-state index contributed by atoms with van der Waals surface area (Å²) in [7, 11) is 1.70. The fourth-order valence-electron chi connectivity index (χ4n) is 2.85. The summed E-state index contributed by atoms with van der Waals surface area (Å²) in [5.74, 6) is -0.235. The van der Waals surface area contributed by atoms with Crippen molar-refractivity contribution in [3.63, 3.8) is 0 Å². The normalized spacial score (nSPS) is 12.3. The minimum absolute atomic E-state index is 0.0328. The number of aryl methyl sites for hydroxylation is 1. The Kier molecular flexibility index (Phi) is 4.44. The van der Waals surface area contributed by atoms with Gasteiger partial charge in [-0.3, -0.25) is 13.9 Å². The molecular formula is C18H18ClN3O2. The number of fused-ring (bicyclic) bond motifs is 1. The predicted octanol–water partition coefficient (Wildman–Crippen LogP) is 2.87. The molecule has 1 atom stereocenters. The number of carbonyl (C=O) groups excluding carboxylic acids is 1. The van der Waals surface area contributed by atoms with Crippen LogP contribution in [0.5, 0.6) is 0 Å². The van der Waals surface area contributed by atoms with Crippen LogP contribution in [0.4, 0.5) is 0 Å². The molecule has 0 aliphatic heterocycles. The van der Waals surface area contributed by atoms with E-state index in [2.05, 4.69) is 5.32 Å². The van der Waals surface area contributed by atoms with Gasteiger partial charge < -0.3 is 5.32 Å². The number of amides is 1. The van der Waals surface area contributed by atoms with Gasteiger partial charge in [0.2, 0.25) is 5.91 Å². The Morgan fingerprint density at radius 2 is 1.75 bits per heavy atom. The second-order valence-electron chi connectivity index (χ2n) is 5.73. The molecular weight excluding hydrogens is 326 g/mol. The third kappa shape index (κ3) is 2.95. The van der Waals surface area contributed by atoms with Crippen LogP contribution in [0, 0.1) is 0 Å². The predicted molar refractivity (Wildman–Crippen MR) is 95.2 cm³/mol. The number of nitrogens with one attached hydrogen (secondary N) is 1. The lowest BCUT2D eigenvalue weighted by atomic mass is 10.1. The van der Waals surface area contributed by atoms with E-state index < -0.39 is 0 Å². The summed E-state index contributed by atoms with van der Waals surface area (Å²) in [5, 5.41) is 3.50. The summed E-state index contributed by atoms with van der Waals surface area (Å²) in [4.78, 5) is 24.7. The average Bonchev–Trinajstić information content (AvgIpc) is 2.80. The van der Waals surface area contributed by atoms with E-state index in [4.69, 9.17) is 11.6 Å². The number of hydrogen-bond acceptors (Lipinski definition) is 2. The van der Waals surface area contributed by atoms with Crippen LogP contribution in [0.25, 0.3) is 11.0 Å². The van der Waals surface area contributed by atoms with Crippen molar-refractivity contribution in [2.75, 3.05) is 0 Å². The van der Waals surface area contributed by atoms with E-state index in [1.807, 2.05) is 49.4 Å². The van der Waals surface area contributed by atoms with Crippen LogP contribution in [0.15, 0.2) is 53.3 Å². The van der Waals surface area contributed by atoms with Crippen molar-refractivity contribution in [2.45, 2.75) is 19.5 Å². The second-order valence-corrected chi connectivity index (χ2v) is 6.13. The van der Waals surface area contributed by atoms with E-state index in [1.165, 1.54) is 4.57 Å². The maximum absolute atomic E-state index is 12.4. The number of benzene rings is 2. The Hall–Kier alpha value is -2.53. The Morgan fingerprint density at radius 1 is 1.12 bits per heavy atom. The first-order valence-corrected chi connectivity index (χ1v) is 8.05. The summed E-state index contributed by atoms with van der Waals surface area (Å²) >= 11 is 6.16. The van der Waals surface area contributed by atoms with Crippen LogP contribution >= 0.6 is 11.6 Å². The molecule has 1 N–H and O–H groups in total. The summed E-state index contributed by atoms with van der Waals surface area (Å²) in [6, 6.07) is 14.5. The maximum Gasteiger partial charge on any atom is 0.329 e. The molecule has 1 aromatic heterocycles. The van der Waals surface area contributed by atoms with E-state index >= 15 is 0 Å². The van der Waals surface area contributed by atoms with Gasteiger partial charge in [-0.15, -0.1) is 0 Å². The zero-order chi connectivity index (χ0) is 17.3. The van der Waals surface area contributed by atoms with E-state index in [0.717, 1.165) is 16.6 Å². The van der Waals surface area contributed by atoms with Gasteiger partial charge in [-0.1, -0.05) is 41.9 Å². The highest BCUT2D eigenvalue weighted by Crippen LogP contribution is 2.22. The van der Waals surface area contributed by atoms with Crippen molar-refractivity contribution < 1.29 is 4.79 Å². The molecule has 0 unspecified atom stereocenters. The molecule has 1 amide bonds. The molecule has 0 fully saturated rings. The maximum atomic E-state index is 12.4. The summed E-state index contributed by atoms with van der Waals surface area (Å²) < 4.78 is 3.02. The number of aromatic nitrogens is 2. The molecule has 1 heterocycles. The molecule has 0 radical (unpaired) electrons. The lowest BCUT2D eigenvalue weighted by molar-refractivity contribution is -0.122. The van der Waals surface area contributed by atoms with Crippen LogP contribution < -0.4 is 11.0 Å². The standard InChI is InChI=1S/C18H18ClN3O2/c1-12(13-7-3-4-8-14(13)19)20-17(23)11-22-16-10-6-5-9-15(16)21(2)18(22)24/h3-10,12H,11H2,1-2H3,(H,20,23)/t12-/m0/s1. The molecule has 24 heavy (non-hydrogen) atoms. The van der Waals surface area contributed by atoms with Crippen LogP contribution in [0.2, 0.25) is 5.02 Å². The van der Waals surface area contributed by atoms with Crippen molar-refractivity contribution in [3.8, 4) is 0 Å². The molecule has 3 rings (SSSR count). The second kappa shape index (κ2) is 6.53. The minimum atomic E-state index is -0.239. The van der Waals surface area contributed by atoms with E-state index in [9.17, 15) is 9.59 Å². The monoisotopic (exact) mass is 343 g/mol. The van der Waals surface area contributed by atoms with Gasteiger partial charge in [0.1, 0.15) is 6.54 Å². The van der Waals surface area contributed by atoms with Gasteiger partial charge in [-0.25, -0.2) is 4.79 Å². The number of para-hydroxylation sites is 2. The molecule has 0 aliphatic rings. The highest BCUT2D eigenvalue weighted by Gasteiger charge is 2.16. The van der Waals surface area contributed by atoms with Gasteiger partial charge in [0.05, 0.1) is 17.1 Å². The minimum Gasteiger partial charge on any atom is -0.348 e. The van der Waals surface area contributed by atoms with Crippen LogP contribution in [-0.2, 0) is 18.4 Å². The molecule has 0 saturated heterocycles. The molecule has 0 bridgehead atoms. The van der Waals surface area contributed by atoms with Crippen molar-refractivity contribution in [1.82, 2.24) is 14.5 Å². The van der Waals surface area contributed by atoms with E-state index in [1.54, 1.807) is 17.7 Å². The lowest BCUT2D eigenvalue weighted by Crippen LogP contribution is -2.34. The highest BCUT2D eigenvalue weighted by atomic mass is 35.5. The number of halogens is 1. The Labute approximate surface area is 144 Å². The quantitative estimate of drug-likeness (QED) is 0.792. The van der Waals surface area contributed by atoms with Gasteiger partial charge in [0.25, 0.3) is 0 Å². The molecule has 3 aromatic rings. The third-order valence-electron chi connectivity index (χ3n) is 4.10. The fraction of sp³-hybridized carbons (Fsp3) is 0.222. The zero-order valence-electron chi connectivity index (χ0n) is 13.5. The molecule has 0 aliphatic carbocycles. The van der Waals surface area contributed by atoms with Gasteiger partial charge in [0.15, 0.2) is 0 Å². The molecule has 2 aromatic carbocycles. The van der Waals surface area contributed by atoms with Crippen LogP contribution in [0.3, 0.4) is 0 Å². The SMILES string of the molecule is C[C@H](NC(=O)Cn1c(=O)n(C)c2ccccc21)c1ccccc1Cl. The Bertz CT molecular complexity index is 958. The molecule has 124 valence electrons. The van der Waals surface area contributed by atoms with Crippen molar-refractivity contribution in [2.24, 2.45) is 7.05 Å². The average molecular weight is 344 g/mol. The van der Waals surface area contributed by atoms with Gasteiger partial charge in [0, 0.05) is 12.1 Å². The molecule has 0 saturated carbocycles. The zero-order valence-corrected chi connectivity index (χ0v) is 14.2. The van der Waals surface area contributed by atoms with Crippen molar-refractivity contribution in [3.05, 3.63) is 69.6 Å². The number of hydrogen-bond donors (Lipinski definition) is 1. The first-order valence-electron chi connectivity index (χ1n) is 7.67. The molecule has 6 heteroatoms. The summed E-state index contributed by atoms with van der Waals surface area (Å²) in [6.45, 7) is 1.83. The van der Waals surface area contributed by atoms with E-state index in [0.29, 0.717) is 5.02 Å². The lowest BCUT2D eigenvalue weighted by Gasteiger charge is -2.16. The fourth-order valence-corrected chi connectivity index (χ4v) is 3.15. The van der Waals surface area contributed by atoms with Gasteiger partial charge in [-0.2, -0.15) is 0 Å². The molecule has 0 spiro atoms. The van der Waals surface area contributed by atoms with E-state index in [-0.39, 0.29) is 24.2 Å². The Balaban J connectivity index is 1.82. The number of rotatable bonds is 4. The van der Waals surface area contributed by atoms with Crippen LogP contribution in [0.1, 0.15) is 18.5 Å². The third-order valence-corrected chi connectivity index (χ3v) is 4.45. The first kappa shape index (κ1) is 16.3. The first-order chi connectivity index (χ1) is 11.5. The van der Waals surface area contributed by atoms with Gasteiger partial charge in [-0.05, 0) is 30.7 Å². The van der Waals surface area contributed by atoms with Crippen molar-refractivity contribution >= 4 is 28.5 Å². The van der Waals surface area contributed by atoms with Crippen LogP contribution in [-0.4, -0.2) is 15.0 Å². The summed E-state index contributed by atoms with van der Waals surface area (Å²) in [6.07, 6.45) is 0. The number of nitrogens with zero attached hydrogens (tertiary/aromatic N) is 2. The number of carbonyl (C=O) groups is 1. The smallest absolute Gasteiger partial charge is 0.329 e. The summed E-state index contributed by atoms with van der Waals surface area (Å²) in [5.41, 5.74) is 2.18. The largest absolute Gasteiger partial charge is 0.348 e. The van der Waals surface area contributed by atoms with Gasteiger partial charge >= 0.3 is 5.69 Å². The molecule has 5 nitrogen and oxygen atoms in total. The topological polar surface area (TPSA) is 56.0 Å². The Morgan fingerprint density at radius 3 is 2.46 bits per heavy atom.